The second kappa shape index (κ2) is 7.23. The smallest absolute Gasteiger partial charge is 0.147 e. The van der Waals surface area contributed by atoms with E-state index in [9.17, 15) is 5.11 Å². The van der Waals surface area contributed by atoms with Crippen molar-refractivity contribution in [1.82, 2.24) is 19.7 Å². The van der Waals surface area contributed by atoms with Crippen LogP contribution >= 0.6 is 0 Å². The van der Waals surface area contributed by atoms with E-state index in [1.807, 2.05) is 6.92 Å². The first-order valence-electron chi connectivity index (χ1n) is 9.19. The summed E-state index contributed by atoms with van der Waals surface area (Å²) in [7, 11) is 0. The number of rotatable bonds is 5. The molecule has 6 heteroatoms. The maximum Gasteiger partial charge on any atom is 0.147 e. The second-order valence-corrected chi connectivity index (χ2v) is 7.12. The lowest BCUT2D eigenvalue weighted by Crippen LogP contribution is -2.40. The van der Waals surface area contributed by atoms with E-state index in [0.717, 1.165) is 50.5 Å². The fraction of sp³-hybridized carbons (Fsp3) is 0.579. The predicted octanol–water partition coefficient (Wildman–Crippen LogP) is 1.86. The summed E-state index contributed by atoms with van der Waals surface area (Å²) in [5.74, 6) is 1.95. The molecular formula is C19H26N4O2. The normalized spacial score (nSPS) is 21.6. The summed E-state index contributed by atoms with van der Waals surface area (Å²) in [6.45, 7) is 5.51. The van der Waals surface area contributed by atoms with Gasteiger partial charge in [-0.15, -0.1) is 10.2 Å². The van der Waals surface area contributed by atoms with Crippen molar-refractivity contribution in [3.8, 4) is 0 Å². The van der Waals surface area contributed by atoms with E-state index in [1.54, 1.807) is 0 Å². The maximum absolute atomic E-state index is 10.4. The number of aliphatic hydroxyl groups excluding tert-OH is 1. The average Bonchev–Trinajstić information content (AvgIpc) is 3.00. The van der Waals surface area contributed by atoms with E-state index in [0.29, 0.717) is 13.2 Å². The second-order valence-electron chi connectivity index (χ2n) is 7.12. The number of aryl methyl sites for hydroxylation is 2. The fourth-order valence-corrected chi connectivity index (χ4v) is 3.97. The van der Waals surface area contributed by atoms with E-state index >= 15 is 0 Å². The quantitative estimate of drug-likeness (QED) is 0.898. The minimum absolute atomic E-state index is 0.117. The Bertz CT molecular complexity index is 730. The van der Waals surface area contributed by atoms with Crippen molar-refractivity contribution < 1.29 is 9.84 Å². The van der Waals surface area contributed by atoms with Crippen LogP contribution in [-0.2, 0) is 24.2 Å². The Hall–Kier alpha value is -1.76. The van der Waals surface area contributed by atoms with Gasteiger partial charge in [0.05, 0.1) is 25.4 Å². The van der Waals surface area contributed by atoms with Crippen LogP contribution in [0.25, 0.3) is 0 Å². The highest BCUT2D eigenvalue weighted by Crippen LogP contribution is 2.32. The molecule has 2 aliphatic rings. The summed E-state index contributed by atoms with van der Waals surface area (Å²) in [6, 6.07) is 8.51. The number of benzene rings is 1. The number of hydrogen-bond donors (Lipinski definition) is 1. The highest BCUT2D eigenvalue weighted by molar-refractivity contribution is 5.31. The first-order valence-corrected chi connectivity index (χ1v) is 9.19. The molecule has 0 bridgehead atoms. The average molecular weight is 342 g/mol. The first-order chi connectivity index (χ1) is 12.2. The summed E-state index contributed by atoms with van der Waals surface area (Å²) in [4.78, 5) is 2.23. The molecule has 25 heavy (non-hydrogen) atoms. The van der Waals surface area contributed by atoms with Crippen molar-refractivity contribution in [2.75, 3.05) is 19.7 Å². The number of β-amino-alcohol motifs (C(OH)–C–C–N with tert-alkyl or cyclic N) is 1. The van der Waals surface area contributed by atoms with Crippen LogP contribution in [0.1, 0.15) is 41.7 Å². The molecule has 0 spiro atoms. The van der Waals surface area contributed by atoms with Crippen LogP contribution in [0.5, 0.6) is 0 Å². The molecule has 1 aliphatic carbocycles. The predicted molar refractivity (Wildman–Crippen MR) is 94.1 cm³/mol. The number of nitrogens with zero attached hydrogens (tertiary/aromatic N) is 4. The van der Waals surface area contributed by atoms with Crippen molar-refractivity contribution >= 4 is 0 Å². The Balaban J connectivity index is 1.30. The fourth-order valence-electron chi connectivity index (χ4n) is 3.97. The van der Waals surface area contributed by atoms with Gasteiger partial charge < -0.3 is 14.4 Å². The summed E-state index contributed by atoms with van der Waals surface area (Å²) < 4.78 is 8.23. The molecule has 2 atom stereocenters. The molecule has 2 aromatic rings. The van der Waals surface area contributed by atoms with Crippen LogP contribution < -0.4 is 0 Å². The molecule has 2 unspecified atom stereocenters. The zero-order chi connectivity index (χ0) is 17.2. The topological polar surface area (TPSA) is 63.4 Å². The SMILES string of the molecule is Cc1nnc2n1CCN(CC(O)COC1CCCc3ccccc31)C2. The van der Waals surface area contributed by atoms with Crippen LogP contribution in [-0.4, -0.2) is 50.6 Å². The van der Waals surface area contributed by atoms with Crippen LogP contribution in [0.15, 0.2) is 24.3 Å². The molecule has 0 amide bonds. The van der Waals surface area contributed by atoms with Gasteiger partial charge in [-0.3, -0.25) is 4.90 Å². The van der Waals surface area contributed by atoms with E-state index < -0.39 is 6.10 Å². The monoisotopic (exact) mass is 342 g/mol. The van der Waals surface area contributed by atoms with Gasteiger partial charge in [0.2, 0.25) is 0 Å². The summed E-state index contributed by atoms with van der Waals surface area (Å²) >= 11 is 0. The molecule has 0 radical (unpaired) electrons. The molecule has 134 valence electrons. The van der Waals surface area contributed by atoms with Gasteiger partial charge in [-0.2, -0.15) is 0 Å². The molecule has 0 saturated carbocycles. The van der Waals surface area contributed by atoms with E-state index in [1.165, 1.54) is 11.1 Å². The van der Waals surface area contributed by atoms with Crippen LogP contribution in [0, 0.1) is 6.92 Å². The lowest BCUT2D eigenvalue weighted by molar-refractivity contribution is -0.0306. The lowest BCUT2D eigenvalue weighted by Gasteiger charge is -2.30. The molecule has 1 aromatic carbocycles. The van der Waals surface area contributed by atoms with Crippen molar-refractivity contribution in [3.63, 3.8) is 0 Å². The molecule has 6 nitrogen and oxygen atoms in total. The number of fused-ring (bicyclic) bond motifs is 2. The molecule has 0 fully saturated rings. The minimum atomic E-state index is -0.482. The van der Waals surface area contributed by atoms with Gasteiger partial charge in [0.25, 0.3) is 0 Å². The van der Waals surface area contributed by atoms with Crippen molar-refractivity contribution in [2.45, 2.75) is 51.5 Å². The van der Waals surface area contributed by atoms with Gasteiger partial charge in [-0.25, -0.2) is 0 Å². The van der Waals surface area contributed by atoms with Crippen molar-refractivity contribution in [2.24, 2.45) is 0 Å². The van der Waals surface area contributed by atoms with Gasteiger partial charge in [-0.1, -0.05) is 24.3 Å². The third-order valence-electron chi connectivity index (χ3n) is 5.29. The Morgan fingerprint density at radius 2 is 2.16 bits per heavy atom. The van der Waals surface area contributed by atoms with Gasteiger partial charge in [0.1, 0.15) is 11.6 Å². The number of hydrogen-bond acceptors (Lipinski definition) is 5. The Kier molecular flexibility index (Phi) is 4.83. The Morgan fingerprint density at radius 3 is 3.08 bits per heavy atom. The third-order valence-corrected chi connectivity index (χ3v) is 5.29. The Labute approximate surface area is 148 Å². The molecule has 0 saturated heterocycles. The van der Waals surface area contributed by atoms with Crippen LogP contribution in [0.3, 0.4) is 0 Å². The van der Waals surface area contributed by atoms with Gasteiger partial charge in [0, 0.05) is 19.6 Å². The zero-order valence-corrected chi connectivity index (χ0v) is 14.8. The van der Waals surface area contributed by atoms with E-state index in [4.69, 9.17) is 4.74 Å². The lowest BCUT2D eigenvalue weighted by atomic mass is 9.89. The third kappa shape index (κ3) is 3.61. The molecule has 2 heterocycles. The van der Waals surface area contributed by atoms with Crippen LogP contribution in [0.2, 0.25) is 0 Å². The molecule has 1 N–H and O–H groups in total. The summed E-state index contributed by atoms with van der Waals surface area (Å²) in [5.41, 5.74) is 2.68. The zero-order valence-electron chi connectivity index (χ0n) is 14.8. The van der Waals surface area contributed by atoms with Gasteiger partial charge in [0.15, 0.2) is 0 Å². The van der Waals surface area contributed by atoms with Gasteiger partial charge >= 0.3 is 0 Å². The van der Waals surface area contributed by atoms with Crippen molar-refractivity contribution in [3.05, 3.63) is 47.0 Å². The standard InChI is InChI=1S/C19H26N4O2/c1-14-20-21-19-12-22(9-10-23(14)19)11-16(24)13-25-18-8-4-6-15-5-2-3-7-17(15)18/h2-3,5,7,16,18,24H,4,6,8-13H2,1H3. The van der Waals surface area contributed by atoms with Crippen molar-refractivity contribution in [1.29, 1.82) is 0 Å². The minimum Gasteiger partial charge on any atom is -0.389 e. The highest BCUT2D eigenvalue weighted by atomic mass is 16.5. The van der Waals surface area contributed by atoms with Gasteiger partial charge in [-0.05, 0) is 37.3 Å². The first kappa shape index (κ1) is 16.7. The summed E-state index contributed by atoms with van der Waals surface area (Å²) in [5, 5.41) is 18.8. The molecule has 4 rings (SSSR count). The summed E-state index contributed by atoms with van der Waals surface area (Å²) in [6.07, 6.45) is 2.96. The number of aliphatic hydroxyl groups is 1. The molecule has 1 aromatic heterocycles. The Morgan fingerprint density at radius 1 is 1.28 bits per heavy atom. The van der Waals surface area contributed by atoms with Crippen LogP contribution in [0.4, 0.5) is 0 Å². The number of ether oxygens (including phenoxy) is 1. The largest absolute Gasteiger partial charge is 0.389 e. The van der Waals surface area contributed by atoms with E-state index in [2.05, 4.69) is 43.9 Å². The maximum atomic E-state index is 10.4. The highest BCUT2D eigenvalue weighted by Gasteiger charge is 2.24. The molecule has 1 aliphatic heterocycles. The van der Waals surface area contributed by atoms with E-state index in [-0.39, 0.29) is 6.10 Å². The number of aromatic nitrogens is 3. The molecular weight excluding hydrogens is 316 g/mol.